The zero-order valence-corrected chi connectivity index (χ0v) is 14.4. The van der Waals surface area contributed by atoms with Crippen molar-refractivity contribution < 1.29 is 4.79 Å². The number of allylic oxidation sites excluding steroid dienone is 2. The molecule has 0 aromatic heterocycles. The summed E-state index contributed by atoms with van der Waals surface area (Å²) in [6, 6.07) is 0. The van der Waals surface area contributed by atoms with Crippen molar-refractivity contribution in [3.8, 4) is 0 Å². The average Bonchev–Trinajstić information content (AvgIpc) is 2.90. The molecule has 0 N–H and O–H groups in total. The first-order valence-electron chi connectivity index (χ1n) is 9.44. The van der Waals surface area contributed by atoms with Crippen LogP contribution in [0.2, 0.25) is 0 Å². The van der Waals surface area contributed by atoms with Crippen LogP contribution in [0.4, 0.5) is 0 Å². The highest BCUT2D eigenvalue weighted by Gasteiger charge is 2.27. The van der Waals surface area contributed by atoms with Gasteiger partial charge in [0.2, 0.25) is 0 Å². The standard InChI is InChI=1S/C20H36O/c1-3-5-7-8-9-11-13-18-14-12-15-19(18)17-20(21)16-10-6-4-2/h6,10,18-19H,3-5,7-9,11-17H2,1-2H3/t18-,19+/m0/s1. The van der Waals surface area contributed by atoms with Crippen LogP contribution in [0.3, 0.4) is 0 Å². The maximum atomic E-state index is 12.0. The number of unbranched alkanes of at least 4 members (excludes halogenated alkanes) is 5. The molecule has 0 saturated heterocycles. The molecular formula is C20H36O. The lowest BCUT2D eigenvalue weighted by molar-refractivity contribution is -0.119. The van der Waals surface area contributed by atoms with Crippen LogP contribution in [0.5, 0.6) is 0 Å². The third-order valence-corrected chi connectivity index (χ3v) is 4.98. The molecule has 1 nitrogen and oxygen atoms in total. The molecule has 1 rings (SSSR count). The molecule has 0 heterocycles. The van der Waals surface area contributed by atoms with Crippen LogP contribution in [0.1, 0.15) is 97.3 Å². The second kappa shape index (κ2) is 12.0. The number of carbonyl (C=O) groups excluding carboxylic acids is 1. The van der Waals surface area contributed by atoms with Gasteiger partial charge in [-0.3, -0.25) is 4.79 Å². The summed E-state index contributed by atoms with van der Waals surface area (Å²) >= 11 is 0. The van der Waals surface area contributed by atoms with E-state index in [-0.39, 0.29) is 0 Å². The highest BCUT2D eigenvalue weighted by molar-refractivity contribution is 5.80. The van der Waals surface area contributed by atoms with Crippen LogP contribution in [-0.2, 0) is 4.79 Å². The number of Topliss-reactive ketones (excluding diaryl/α,β-unsaturated/α-hetero) is 1. The molecule has 0 aromatic carbocycles. The Hall–Kier alpha value is -0.590. The molecule has 1 fully saturated rings. The average molecular weight is 293 g/mol. The van der Waals surface area contributed by atoms with Crippen molar-refractivity contribution in [3.05, 3.63) is 12.2 Å². The third kappa shape index (κ3) is 8.44. The maximum Gasteiger partial charge on any atom is 0.136 e. The fourth-order valence-electron chi connectivity index (χ4n) is 3.71. The number of carbonyl (C=O) groups is 1. The van der Waals surface area contributed by atoms with E-state index >= 15 is 0 Å². The fourth-order valence-corrected chi connectivity index (χ4v) is 3.71. The molecule has 0 aliphatic heterocycles. The highest BCUT2D eigenvalue weighted by atomic mass is 16.1. The van der Waals surface area contributed by atoms with Crippen LogP contribution >= 0.6 is 0 Å². The predicted octanol–water partition coefficient (Wildman–Crippen LogP) is 6.47. The summed E-state index contributed by atoms with van der Waals surface area (Å²) in [6.45, 7) is 4.39. The van der Waals surface area contributed by atoms with E-state index in [1.807, 2.05) is 0 Å². The lowest BCUT2D eigenvalue weighted by Crippen LogP contribution is -2.13. The molecule has 0 aromatic rings. The van der Waals surface area contributed by atoms with Gasteiger partial charge in [0.15, 0.2) is 0 Å². The van der Waals surface area contributed by atoms with Crippen LogP contribution in [-0.4, -0.2) is 5.78 Å². The second-order valence-corrected chi connectivity index (χ2v) is 6.83. The Labute approximate surface area is 132 Å². The summed E-state index contributed by atoms with van der Waals surface area (Å²) in [5.41, 5.74) is 0. The normalized spacial score (nSPS) is 22.2. The van der Waals surface area contributed by atoms with Gasteiger partial charge in [0, 0.05) is 12.8 Å². The number of hydrogen-bond donors (Lipinski definition) is 0. The van der Waals surface area contributed by atoms with E-state index in [2.05, 4.69) is 26.0 Å². The minimum atomic E-state index is 0.458. The smallest absolute Gasteiger partial charge is 0.136 e. The van der Waals surface area contributed by atoms with Gasteiger partial charge in [-0.2, -0.15) is 0 Å². The molecule has 1 aliphatic carbocycles. The summed E-state index contributed by atoms with van der Waals surface area (Å²) in [7, 11) is 0. The lowest BCUT2D eigenvalue weighted by atomic mass is 9.86. The first-order valence-corrected chi connectivity index (χ1v) is 9.44. The van der Waals surface area contributed by atoms with E-state index in [0.717, 1.165) is 18.8 Å². The van der Waals surface area contributed by atoms with Crippen LogP contribution < -0.4 is 0 Å². The monoisotopic (exact) mass is 292 g/mol. The van der Waals surface area contributed by atoms with Crippen molar-refractivity contribution in [2.24, 2.45) is 11.8 Å². The molecule has 1 heteroatoms. The van der Waals surface area contributed by atoms with Crippen LogP contribution in [0, 0.1) is 11.8 Å². The van der Waals surface area contributed by atoms with Gasteiger partial charge in [-0.1, -0.05) is 83.8 Å². The summed E-state index contributed by atoms with van der Waals surface area (Å²) in [6.07, 6.45) is 20.4. The highest BCUT2D eigenvalue weighted by Crippen LogP contribution is 2.37. The molecule has 122 valence electrons. The van der Waals surface area contributed by atoms with Gasteiger partial charge < -0.3 is 0 Å². The number of ketones is 1. The van der Waals surface area contributed by atoms with E-state index in [0.29, 0.717) is 18.1 Å². The molecule has 0 spiro atoms. The van der Waals surface area contributed by atoms with E-state index < -0.39 is 0 Å². The van der Waals surface area contributed by atoms with Crippen molar-refractivity contribution in [1.29, 1.82) is 0 Å². The van der Waals surface area contributed by atoms with E-state index in [4.69, 9.17) is 0 Å². The zero-order chi connectivity index (χ0) is 15.3. The molecule has 0 radical (unpaired) electrons. The fraction of sp³-hybridized carbons (Fsp3) is 0.850. The molecule has 21 heavy (non-hydrogen) atoms. The zero-order valence-electron chi connectivity index (χ0n) is 14.4. The maximum absolute atomic E-state index is 12.0. The van der Waals surface area contributed by atoms with Gasteiger partial charge in [0.25, 0.3) is 0 Å². The van der Waals surface area contributed by atoms with Crippen LogP contribution in [0.25, 0.3) is 0 Å². The Balaban J connectivity index is 2.15. The molecule has 2 atom stereocenters. The topological polar surface area (TPSA) is 17.1 Å². The minimum Gasteiger partial charge on any atom is -0.299 e. The molecule has 0 amide bonds. The van der Waals surface area contributed by atoms with Crippen molar-refractivity contribution in [3.63, 3.8) is 0 Å². The Morgan fingerprint density at radius 3 is 2.43 bits per heavy atom. The first kappa shape index (κ1) is 18.5. The SMILES string of the molecule is CCC=CCC(=O)C[C@H]1CCC[C@@H]1CCCCCCCC. The van der Waals surface area contributed by atoms with Gasteiger partial charge in [0.1, 0.15) is 5.78 Å². The largest absolute Gasteiger partial charge is 0.299 e. The molecular weight excluding hydrogens is 256 g/mol. The van der Waals surface area contributed by atoms with Crippen LogP contribution in [0.15, 0.2) is 12.2 Å². The number of rotatable bonds is 12. The summed E-state index contributed by atoms with van der Waals surface area (Å²) in [5.74, 6) is 2.00. The van der Waals surface area contributed by atoms with E-state index in [9.17, 15) is 4.79 Å². The molecule has 1 aliphatic rings. The summed E-state index contributed by atoms with van der Waals surface area (Å²) < 4.78 is 0. The Kier molecular flexibility index (Phi) is 10.6. The quantitative estimate of drug-likeness (QED) is 0.297. The van der Waals surface area contributed by atoms with Gasteiger partial charge >= 0.3 is 0 Å². The first-order chi connectivity index (χ1) is 10.3. The van der Waals surface area contributed by atoms with E-state index in [1.54, 1.807) is 0 Å². The predicted molar refractivity (Wildman–Crippen MR) is 92.5 cm³/mol. The molecule has 0 unspecified atom stereocenters. The minimum absolute atomic E-state index is 0.458. The van der Waals surface area contributed by atoms with Gasteiger partial charge in [-0.15, -0.1) is 0 Å². The molecule has 1 saturated carbocycles. The Morgan fingerprint density at radius 1 is 0.952 bits per heavy atom. The van der Waals surface area contributed by atoms with Gasteiger partial charge in [-0.25, -0.2) is 0 Å². The van der Waals surface area contributed by atoms with Gasteiger partial charge in [-0.05, 0) is 24.7 Å². The van der Waals surface area contributed by atoms with E-state index in [1.165, 1.54) is 64.2 Å². The van der Waals surface area contributed by atoms with Crippen molar-refractivity contribution in [2.45, 2.75) is 97.3 Å². The van der Waals surface area contributed by atoms with Crippen molar-refractivity contribution in [1.82, 2.24) is 0 Å². The van der Waals surface area contributed by atoms with Crippen molar-refractivity contribution in [2.75, 3.05) is 0 Å². The van der Waals surface area contributed by atoms with Gasteiger partial charge in [0.05, 0.1) is 0 Å². The third-order valence-electron chi connectivity index (χ3n) is 4.98. The lowest BCUT2D eigenvalue weighted by Gasteiger charge is -2.18. The molecule has 0 bridgehead atoms. The summed E-state index contributed by atoms with van der Waals surface area (Å²) in [5, 5.41) is 0. The Morgan fingerprint density at radius 2 is 1.67 bits per heavy atom. The summed E-state index contributed by atoms with van der Waals surface area (Å²) in [4.78, 5) is 12.0. The second-order valence-electron chi connectivity index (χ2n) is 6.83. The Bertz CT molecular complexity index is 292. The number of hydrogen-bond acceptors (Lipinski definition) is 1. The van der Waals surface area contributed by atoms with Crippen molar-refractivity contribution >= 4 is 5.78 Å².